The van der Waals surface area contributed by atoms with Crippen LogP contribution < -0.4 is 0 Å². The van der Waals surface area contributed by atoms with Crippen LogP contribution in [0.5, 0.6) is 0 Å². The molecule has 14 atom stereocenters. The van der Waals surface area contributed by atoms with E-state index in [0.29, 0.717) is 75.7 Å². The summed E-state index contributed by atoms with van der Waals surface area (Å²) in [7, 11) is 6.28. The minimum Gasteiger partial charge on any atom is -0.460 e. The zero-order valence-corrected chi connectivity index (χ0v) is 42.5. The molecule has 1 amide bonds. The maximum absolute atomic E-state index is 14.5. The minimum atomic E-state index is -2.47. The molecule has 15 nitrogen and oxygen atoms in total. The summed E-state index contributed by atoms with van der Waals surface area (Å²) in [6.07, 6.45) is 12.7. The normalized spacial score (nSPS) is 38.1. The molecule has 384 valence electrons. The number of fused-ring (bicyclic) bond motifs is 3. The molecule has 3 aliphatic heterocycles. The lowest BCUT2D eigenvalue weighted by molar-refractivity contribution is -0.265. The predicted molar refractivity (Wildman–Crippen MR) is 256 cm³/mol. The van der Waals surface area contributed by atoms with Crippen molar-refractivity contribution < 1.29 is 67.3 Å². The number of amides is 1. The Hall–Kier alpha value is -3.41. The topological polar surface area (TPSA) is 194 Å². The number of aliphatic hydroxyl groups excluding tert-OH is 1. The van der Waals surface area contributed by atoms with Crippen molar-refractivity contribution in [3.8, 4) is 0 Å². The summed E-state index contributed by atoms with van der Waals surface area (Å²) >= 11 is 0. The molecule has 0 aromatic heterocycles. The van der Waals surface area contributed by atoms with E-state index in [4.69, 9.17) is 33.2 Å². The summed E-state index contributed by atoms with van der Waals surface area (Å²) in [5.41, 5.74) is 1.28. The number of hydrogen-bond donors (Lipinski definition) is 2. The summed E-state index contributed by atoms with van der Waals surface area (Å²) in [6, 6.07) is -1.14. The monoisotopic (exact) mass is 958 g/mol. The van der Waals surface area contributed by atoms with Gasteiger partial charge >= 0.3 is 5.97 Å². The second kappa shape index (κ2) is 27.8. The summed E-state index contributed by atoms with van der Waals surface area (Å²) in [6.45, 7) is 11.8. The first-order valence-electron chi connectivity index (χ1n) is 25.0. The van der Waals surface area contributed by atoms with Crippen molar-refractivity contribution in [2.45, 2.75) is 180 Å². The van der Waals surface area contributed by atoms with Gasteiger partial charge < -0.3 is 48.3 Å². The number of ether oxygens (including phenoxy) is 7. The Morgan fingerprint density at radius 3 is 2.25 bits per heavy atom. The Labute approximate surface area is 405 Å². The first-order chi connectivity index (χ1) is 32.4. The third-order valence-electron chi connectivity index (χ3n) is 14.8. The SMILES string of the molecule is COCCO[C@@H]1CC[C@@H](CC(C)[C@@H]2CC(=O)[C@H](C)/C=C(\C)[C@@H](OC)[C@@H](OC)C(=O)[C@H](C)CC/C=C/C=C/C=C(\C)[C@@H](O)C[C@@H]3CC[C@@H](C)[C@@](O)(O3)C(=O)C(=O)N3CCCC[C@H]3C(=O)O2)C[C@H]1OC. The largest absolute Gasteiger partial charge is 0.460 e. The Balaban J connectivity index is 1.68. The van der Waals surface area contributed by atoms with Gasteiger partial charge in [-0.15, -0.1) is 0 Å². The number of aliphatic hydroxyl groups is 2. The maximum Gasteiger partial charge on any atom is 0.329 e. The molecule has 0 radical (unpaired) electrons. The molecule has 2 N–H and O–H groups in total. The van der Waals surface area contributed by atoms with Crippen molar-refractivity contribution in [2.24, 2.45) is 29.6 Å². The molecular formula is C53H83NO14. The van der Waals surface area contributed by atoms with Crippen LogP contribution in [-0.4, -0.2) is 147 Å². The molecule has 1 aliphatic carbocycles. The minimum absolute atomic E-state index is 0.0845. The number of hydrogen-bond acceptors (Lipinski definition) is 14. The van der Waals surface area contributed by atoms with Gasteiger partial charge in [0.05, 0.1) is 37.6 Å². The summed E-state index contributed by atoms with van der Waals surface area (Å²) in [4.78, 5) is 72.2. The molecule has 0 aromatic carbocycles. The van der Waals surface area contributed by atoms with Crippen LogP contribution >= 0.6 is 0 Å². The molecule has 4 aliphatic rings. The lowest BCUT2D eigenvalue weighted by Crippen LogP contribution is -2.61. The fourth-order valence-electron chi connectivity index (χ4n) is 10.3. The second-order valence-corrected chi connectivity index (χ2v) is 19.8. The van der Waals surface area contributed by atoms with Gasteiger partial charge in [-0.1, -0.05) is 64.2 Å². The number of carbonyl (C=O) groups is 5. The predicted octanol–water partition coefficient (Wildman–Crippen LogP) is 6.61. The zero-order chi connectivity index (χ0) is 50.1. The van der Waals surface area contributed by atoms with E-state index in [9.17, 15) is 34.2 Å². The van der Waals surface area contributed by atoms with Crippen LogP contribution in [0.1, 0.15) is 125 Å². The number of esters is 1. The molecule has 68 heavy (non-hydrogen) atoms. The number of methoxy groups -OCH3 is 4. The molecule has 2 saturated heterocycles. The molecule has 3 heterocycles. The van der Waals surface area contributed by atoms with Crippen LogP contribution in [0.25, 0.3) is 0 Å². The molecule has 3 fully saturated rings. The van der Waals surface area contributed by atoms with E-state index < -0.39 is 71.8 Å². The smallest absolute Gasteiger partial charge is 0.329 e. The van der Waals surface area contributed by atoms with Crippen molar-refractivity contribution in [3.63, 3.8) is 0 Å². The van der Waals surface area contributed by atoms with Crippen molar-refractivity contribution in [2.75, 3.05) is 48.2 Å². The molecule has 15 heteroatoms. The molecule has 0 spiro atoms. The first-order valence-corrected chi connectivity index (χ1v) is 25.0. The van der Waals surface area contributed by atoms with E-state index in [1.54, 1.807) is 60.1 Å². The quantitative estimate of drug-likeness (QED) is 0.103. The average molecular weight is 958 g/mol. The highest BCUT2D eigenvalue weighted by Crippen LogP contribution is 2.38. The molecular weight excluding hydrogens is 875 g/mol. The lowest BCUT2D eigenvalue weighted by atomic mass is 9.78. The first kappa shape index (κ1) is 57.2. The Bertz CT molecular complexity index is 1790. The van der Waals surface area contributed by atoms with Crippen molar-refractivity contribution in [3.05, 3.63) is 47.6 Å². The summed E-state index contributed by atoms with van der Waals surface area (Å²) in [5.74, 6) is -7.60. The van der Waals surface area contributed by atoms with Crippen LogP contribution in [0.3, 0.4) is 0 Å². The van der Waals surface area contributed by atoms with E-state index in [1.165, 1.54) is 19.1 Å². The van der Waals surface area contributed by atoms with Crippen molar-refractivity contribution in [1.29, 1.82) is 0 Å². The average Bonchev–Trinajstić information content (AvgIpc) is 3.32. The van der Waals surface area contributed by atoms with Gasteiger partial charge in [0, 0.05) is 65.6 Å². The highest BCUT2D eigenvalue weighted by Gasteiger charge is 2.53. The fraction of sp³-hybridized carbons (Fsp3) is 0.755. The number of allylic oxidation sites excluding steroid dienone is 6. The molecule has 4 rings (SSSR count). The highest BCUT2D eigenvalue weighted by molar-refractivity contribution is 6.39. The van der Waals surface area contributed by atoms with Crippen LogP contribution in [0.4, 0.5) is 0 Å². The van der Waals surface area contributed by atoms with Gasteiger partial charge in [0.15, 0.2) is 5.78 Å². The number of ketones is 3. The zero-order valence-electron chi connectivity index (χ0n) is 42.5. The number of nitrogens with zero attached hydrogens (tertiary/aromatic N) is 1. The Morgan fingerprint density at radius 1 is 0.824 bits per heavy atom. The lowest BCUT2D eigenvalue weighted by Gasteiger charge is -2.42. The van der Waals surface area contributed by atoms with E-state index in [0.717, 1.165) is 12.8 Å². The highest BCUT2D eigenvalue weighted by atomic mass is 16.6. The van der Waals surface area contributed by atoms with E-state index >= 15 is 0 Å². The van der Waals surface area contributed by atoms with Gasteiger partial charge in [0.2, 0.25) is 5.79 Å². The number of rotatable bonds is 10. The van der Waals surface area contributed by atoms with Crippen LogP contribution in [0.2, 0.25) is 0 Å². The molecule has 0 aromatic rings. The van der Waals surface area contributed by atoms with Gasteiger partial charge in [-0.3, -0.25) is 19.2 Å². The molecule has 2 bridgehead atoms. The van der Waals surface area contributed by atoms with Crippen LogP contribution in [0, 0.1) is 29.6 Å². The maximum atomic E-state index is 14.5. The van der Waals surface area contributed by atoms with Gasteiger partial charge in [0.1, 0.15) is 30.1 Å². The van der Waals surface area contributed by atoms with Crippen molar-refractivity contribution in [1.82, 2.24) is 4.90 Å². The molecule has 1 saturated carbocycles. The van der Waals surface area contributed by atoms with Crippen LogP contribution in [-0.2, 0) is 57.1 Å². The second-order valence-electron chi connectivity index (χ2n) is 19.8. The van der Waals surface area contributed by atoms with Gasteiger partial charge in [-0.2, -0.15) is 0 Å². The number of cyclic esters (lactones) is 1. The van der Waals surface area contributed by atoms with Gasteiger partial charge in [-0.25, -0.2) is 4.79 Å². The number of carbonyl (C=O) groups excluding carboxylic acids is 5. The number of Topliss-reactive ketones (excluding diaryl/α,β-unsaturated/α-hetero) is 3. The fourth-order valence-corrected chi connectivity index (χ4v) is 10.3. The van der Waals surface area contributed by atoms with Crippen molar-refractivity contribution >= 4 is 29.2 Å². The molecule has 1 unspecified atom stereocenters. The third kappa shape index (κ3) is 15.5. The summed E-state index contributed by atoms with van der Waals surface area (Å²) < 4.78 is 41.1. The third-order valence-corrected chi connectivity index (χ3v) is 14.8. The standard InChI is InChI=1S/C53H83NO14/c1-33-18-14-12-11-13-15-19-34(2)47(57)49(65-10)48(64-9)37(5)28-35(3)43(56)32-45(36(4)29-39-22-24-44(46(30-39)63-8)66-27-26-62-7)67-52(60)41-20-16-17-25-54(41)51(59)50(58)53(61)38(6)21-23-40(68-53)31-42(33)55/h11-14,18,28,34-36,38-42,44-46,48-49,55,61H,15-17,19-27,29-32H2,1-10H3/b13-11+,14-12+,33-18+,37-28+/t34-,35-,36?,38-,39+,40+,41+,42+,44-,45+,46-,48-,49+,53-/m1/s1. The van der Waals surface area contributed by atoms with E-state index in [-0.39, 0.29) is 67.3 Å². The summed E-state index contributed by atoms with van der Waals surface area (Å²) in [5, 5.41) is 23.0. The van der Waals surface area contributed by atoms with Gasteiger partial charge in [-0.05, 0) is 107 Å². The van der Waals surface area contributed by atoms with E-state index in [1.807, 2.05) is 32.1 Å². The Morgan fingerprint density at radius 2 is 1.56 bits per heavy atom. The number of piperidine rings is 1. The van der Waals surface area contributed by atoms with Gasteiger partial charge in [0.25, 0.3) is 11.7 Å². The van der Waals surface area contributed by atoms with Crippen LogP contribution in [0.15, 0.2) is 47.6 Å². The Kier molecular flexibility index (Phi) is 23.4. The van der Waals surface area contributed by atoms with E-state index in [2.05, 4.69) is 0 Å².